The first kappa shape index (κ1) is 12.7. The van der Waals surface area contributed by atoms with Gasteiger partial charge in [0.05, 0.1) is 0 Å². The molecule has 0 heterocycles. The molecule has 1 unspecified atom stereocenters. The second-order valence-electron chi connectivity index (χ2n) is 2.97. The van der Waals surface area contributed by atoms with Crippen LogP contribution in [0.3, 0.4) is 0 Å². The molecule has 80 valence electrons. The molecule has 0 aliphatic rings. The summed E-state index contributed by atoms with van der Waals surface area (Å²) in [5.74, 6) is -0.0320. The van der Waals surface area contributed by atoms with Crippen LogP contribution in [0, 0.1) is 0 Å². The second-order valence-corrected chi connectivity index (χ2v) is 2.97. The molecule has 3 N–H and O–H groups in total. The highest BCUT2D eigenvalue weighted by molar-refractivity contribution is 5.76. The van der Waals surface area contributed by atoms with Crippen LogP contribution in [0.15, 0.2) is 5.11 Å². The maximum absolute atomic E-state index is 11.2. The van der Waals surface area contributed by atoms with E-state index in [0.29, 0.717) is 25.9 Å². The first-order valence-electron chi connectivity index (χ1n) is 4.74. The van der Waals surface area contributed by atoms with Gasteiger partial charge in [0, 0.05) is 30.5 Å². The molecule has 14 heavy (non-hydrogen) atoms. The molecule has 0 aromatic rings. The zero-order chi connectivity index (χ0) is 10.8. The van der Waals surface area contributed by atoms with Crippen molar-refractivity contribution in [1.82, 2.24) is 5.32 Å². The topological polar surface area (TPSA) is 104 Å². The minimum absolute atomic E-state index is 0.0320. The summed E-state index contributed by atoms with van der Waals surface area (Å²) in [6, 6.07) is 0.0574. The van der Waals surface area contributed by atoms with Crippen LogP contribution in [0.4, 0.5) is 0 Å². The quantitative estimate of drug-likeness (QED) is 0.275. The van der Waals surface area contributed by atoms with Gasteiger partial charge in [-0.25, -0.2) is 0 Å². The molecule has 6 nitrogen and oxygen atoms in total. The number of hydrogen-bond acceptors (Lipinski definition) is 3. The zero-order valence-corrected chi connectivity index (χ0v) is 8.44. The first-order chi connectivity index (χ1) is 6.74. The van der Waals surface area contributed by atoms with Crippen molar-refractivity contribution in [2.75, 3.05) is 13.1 Å². The Morgan fingerprint density at radius 2 is 2.43 bits per heavy atom. The molecule has 0 fully saturated rings. The van der Waals surface area contributed by atoms with Gasteiger partial charge >= 0.3 is 0 Å². The maximum Gasteiger partial charge on any atom is 0.220 e. The zero-order valence-electron chi connectivity index (χ0n) is 8.44. The van der Waals surface area contributed by atoms with Gasteiger partial charge in [0.2, 0.25) is 5.91 Å². The second kappa shape index (κ2) is 8.34. The third-order valence-electron chi connectivity index (χ3n) is 1.87. The number of hydrogen-bond donors (Lipinski definition) is 2. The molecule has 0 aliphatic carbocycles. The molecule has 0 saturated carbocycles. The van der Waals surface area contributed by atoms with Crippen LogP contribution in [0.5, 0.6) is 0 Å². The minimum atomic E-state index is -0.0320. The average Bonchev–Trinajstić information content (AvgIpc) is 2.21. The Morgan fingerprint density at radius 3 is 2.93 bits per heavy atom. The van der Waals surface area contributed by atoms with Crippen molar-refractivity contribution < 1.29 is 4.79 Å². The summed E-state index contributed by atoms with van der Waals surface area (Å²) in [6.45, 7) is 2.79. The molecule has 6 heteroatoms. The molecule has 0 radical (unpaired) electrons. The van der Waals surface area contributed by atoms with E-state index in [9.17, 15) is 4.79 Å². The summed E-state index contributed by atoms with van der Waals surface area (Å²) >= 11 is 0. The van der Waals surface area contributed by atoms with E-state index < -0.39 is 0 Å². The fourth-order valence-electron chi connectivity index (χ4n) is 0.983. The number of amides is 1. The van der Waals surface area contributed by atoms with Crippen LogP contribution < -0.4 is 11.1 Å². The van der Waals surface area contributed by atoms with E-state index in [0.717, 1.165) is 6.42 Å². The molecular weight excluding hydrogens is 182 g/mol. The van der Waals surface area contributed by atoms with Gasteiger partial charge < -0.3 is 11.1 Å². The fourth-order valence-corrected chi connectivity index (χ4v) is 0.983. The lowest BCUT2D eigenvalue weighted by Crippen LogP contribution is -2.39. The molecule has 0 spiro atoms. The van der Waals surface area contributed by atoms with Gasteiger partial charge in [0.15, 0.2) is 0 Å². The van der Waals surface area contributed by atoms with E-state index >= 15 is 0 Å². The normalized spacial score (nSPS) is 11.6. The lowest BCUT2D eigenvalue weighted by molar-refractivity contribution is -0.121. The summed E-state index contributed by atoms with van der Waals surface area (Å²) in [7, 11) is 0. The molecule has 1 atom stereocenters. The predicted octanol–water partition coefficient (Wildman–Crippen LogP) is 0.930. The molecule has 0 saturated heterocycles. The number of carbonyl (C=O) groups is 1. The SMILES string of the molecule is CCC(CN)NC(=O)CCCN=[N+]=[N-]. The summed E-state index contributed by atoms with van der Waals surface area (Å²) in [5, 5.41) is 6.13. The van der Waals surface area contributed by atoms with Crippen molar-refractivity contribution in [3.8, 4) is 0 Å². The fraction of sp³-hybridized carbons (Fsp3) is 0.875. The molecule has 0 rings (SSSR count). The van der Waals surface area contributed by atoms with Crippen molar-refractivity contribution >= 4 is 5.91 Å². The van der Waals surface area contributed by atoms with Crippen LogP contribution >= 0.6 is 0 Å². The highest BCUT2D eigenvalue weighted by Gasteiger charge is 2.07. The van der Waals surface area contributed by atoms with Gasteiger partial charge in [-0.3, -0.25) is 4.79 Å². The van der Waals surface area contributed by atoms with E-state index in [1.807, 2.05) is 6.92 Å². The highest BCUT2D eigenvalue weighted by atomic mass is 16.1. The van der Waals surface area contributed by atoms with Gasteiger partial charge in [-0.1, -0.05) is 12.0 Å². The largest absolute Gasteiger partial charge is 0.352 e. The van der Waals surface area contributed by atoms with Crippen LogP contribution in [0.2, 0.25) is 0 Å². The summed E-state index contributed by atoms with van der Waals surface area (Å²) in [6.07, 6.45) is 1.80. The van der Waals surface area contributed by atoms with E-state index in [2.05, 4.69) is 15.3 Å². The summed E-state index contributed by atoms with van der Waals surface area (Å²) in [4.78, 5) is 13.8. The van der Waals surface area contributed by atoms with Crippen molar-refractivity contribution in [3.05, 3.63) is 10.4 Å². The molecule has 0 bridgehead atoms. The Kier molecular flexibility index (Phi) is 7.59. The minimum Gasteiger partial charge on any atom is -0.352 e. The van der Waals surface area contributed by atoms with Crippen molar-refractivity contribution in [2.45, 2.75) is 32.2 Å². The summed E-state index contributed by atoms with van der Waals surface area (Å²) in [5.41, 5.74) is 13.4. The van der Waals surface area contributed by atoms with Gasteiger partial charge in [-0.2, -0.15) is 0 Å². The monoisotopic (exact) mass is 199 g/mol. The first-order valence-corrected chi connectivity index (χ1v) is 4.74. The van der Waals surface area contributed by atoms with Crippen molar-refractivity contribution in [3.63, 3.8) is 0 Å². The highest BCUT2D eigenvalue weighted by Crippen LogP contribution is 1.93. The molecule has 0 aromatic carbocycles. The van der Waals surface area contributed by atoms with Crippen LogP contribution in [0.25, 0.3) is 10.4 Å². The maximum atomic E-state index is 11.2. The standard InChI is InChI=1S/C8H17N5O/c1-2-7(6-9)12-8(14)4-3-5-11-13-10/h7H,2-6,9H2,1H3,(H,12,14). The molecule has 0 aliphatic heterocycles. The predicted molar refractivity (Wildman–Crippen MR) is 54.5 cm³/mol. The van der Waals surface area contributed by atoms with Gasteiger partial charge in [-0.15, -0.1) is 0 Å². The number of nitrogens with zero attached hydrogens (tertiary/aromatic N) is 3. The van der Waals surface area contributed by atoms with Gasteiger partial charge in [-0.05, 0) is 18.4 Å². The Balaban J connectivity index is 3.58. The molecular formula is C8H17N5O. The van der Waals surface area contributed by atoms with Crippen molar-refractivity contribution in [2.24, 2.45) is 10.8 Å². The molecule has 1 amide bonds. The Hall–Kier alpha value is -1.26. The number of rotatable bonds is 7. The third-order valence-corrected chi connectivity index (χ3v) is 1.87. The van der Waals surface area contributed by atoms with Gasteiger partial charge in [0.25, 0.3) is 0 Å². The van der Waals surface area contributed by atoms with E-state index in [1.165, 1.54) is 0 Å². The van der Waals surface area contributed by atoms with Crippen LogP contribution in [0.1, 0.15) is 26.2 Å². The lowest BCUT2D eigenvalue weighted by Gasteiger charge is -2.13. The van der Waals surface area contributed by atoms with E-state index in [-0.39, 0.29) is 11.9 Å². The lowest BCUT2D eigenvalue weighted by atomic mass is 10.2. The van der Waals surface area contributed by atoms with E-state index in [4.69, 9.17) is 11.3 Å². The molecule has 0 aromatic heterocycles. The van der Waals surface area contributed by atoms with Gasteiger partial charge in [0.1, 0.15) is 0 Å². The third kappa shape index (κ3) is 6.28. The Morgan fingerprint density at radius 1 is 1.71 bits per heavy atom. The Labute approximate surface area is 83.5 Å². The summed E-state index contributed by atoms with van der Waals surface area (Å²) < 4.78 is 0. The van der Waals surface area contributed by atoms with Crippen molar-refractivity contribution in [1.29, 1.82) is 0 Å². The van der Waals surface area contributed by atoms with Crippen LogP contribution in [-0.2, 0) is 4.79 Å². The van der Waals surface area contributed by atoms with Crippen LogP contribution in [-0.4, -0.2) is 25.0 Å². The van der Waals surface area contributed by atoms with E-state index in [1.54, 1.807) is 0 Å². The average molecular weight is 199 g/mol. The number of azide groups is 1. The number of nitrogens with two attached hydrogens (primary N) is 1. The smallest absolute Gasteiger partial charge is 0.220 e. The number of carbonyl (C=O) groups excluding carboxylic acids is 1. The number of nitrogens with one attached hydrogen (secondary N) is 1. The Bertz CT molecular complexity index is 208.